The van der Waals surface area contributed by atoms with Gasteiger partial charge in [-0.2, -0.15) is 0 Å². The quantitative estimate of drug-likeness (QED) is 0.640. The third kappa shape index (κ3) is 2.46. The standard InChI is InChI=1S/C13H19N3O2/c1-9-7-11(16(17)18)5-6-12(9)15(2)13(8-14)10-3-4-10/h5-7,10,13H,3-4,8,14H2,1-2H3. The van der Waals surface area contributed by atoms with E-state index in [1.54, 1.807) is 12.1 Å². The van der Waals surface area contributed by atoms with Gasteiger partial charge in [0, 0.05) is 37.5 Å². The maximum atomic E-state index is 10.7. The summed E-state index contributed by atoms with van der Waals surface area (Å²) in [6, 6.07) is 5.33. The van der Waals surface area contributed by atoms with E-state index in [1.165, 1.54) is 12.8 Å². The largest absolute Gasteiger partial charge is 0.370 e. The van der Waals surface area contributed by atoms with Crippen LogP contribution < -0.4 is 10.6 Å². The molecule has 5 heteroatoms. The maximum Gasteiger partial charge on any atom is 0.269 e. The van der Waals surface area contributed by atoms with Crippen molar-refractivity contribution in [3.63, 3.8) is 0 Å². The monoisotopic (exact) mass is 249 g/mol. The Hall–Kier alpha value is -1.62. The summed E-state index contributed by atoms with van der Waals surface area (Å²) in [5.41, 5.74) is 7.92. The van der Waals surface area contributed by atoms with Crippen LogP contribution in [0.5, 0.6) is 0 Å². The van der Waals surface area contributed by atoms with Gasteiger partial charge in [0.25, 0.3) is 5.69 Å². The Labute approximate surface area is 107 Å². The van der Waals surface area contributed by atoms with Crippen LogP contribution in [0.15, 0.2) is 18.2 Å². The van der Waals surface area contributed by atoms with Crippen LogP contribution in [0.25, 0.3) is 0 Å². The molecule has 1 aromatic carbocycles. The molecule has 1 atom stereocenters. The van der Waals surface area contributed by atoms with Gasteiger partial charge in [0.1, 0.15) is 0 Å². The number of nitro groups is 1. The van der Waals surface area contributed by atoms with E-state index in [2.05, 4.69) is 4.90 Å². The minimum absolute atomic E-state index is 0.139. The Morgan fingerprint density at radius 1 is 1.56 bits per heavy atom. The second-order valence-corrected chi connectivity index (χ2v) is 4.98. The van der Waals surface area contributed by atoms with E-state index < -0.39 is 0 Å². The second-order valence-electron chi connectivity index (χ2n) is 4.98. The molecular weight excluding hydrogens is 230 g/mol. The fraction of sp³-hybridized carbons (Fsp3) is 0.538. The van der Waals surface area contributed by atoms with Crippen molar-refractivity contribution < 1.29 is 4.92 Å². The first-order valence-electron chi connectivity index (χ1n) is 6.22. The third-order valence-electron chi connectivity index (χ3n) is 3.68. The van der Waals surface area contributed by atoms with Gasteiger partial charge >= 0.3 is 0 Å². The molecule has 0 radical (unpaired) electrons. The number of hydrogen-bond donors (Lipinski definition) is 1. The Bertz CT molecular complexity index is 458. The van der Waals surface area contributed by atoms with E-state index in [1.807, 2.05) is 20.0 Å². The first-order valence-corrected chi connectivity index (χ1v) is 6.22. The average molecular weight is 249 g/mol. The number of non-ortho nitro benzene ring substituents is 1. The van der Waals surface area contributed by atoms with E-state index in [-0.39, 0.29) is 10.6 Å². The molecule has 5 nitrogen and oxygen atoms in total. The molecule has 1 fully saturated rings. The Morgan fingerprint density at radius 2 is 2.22 bits per heavy atom. The Kier molecular flexibility index (Phi) is 3.52. The highest BCUT2D eigenvalue weighted by Gasteiger charge is 2.33. The summed E-state index contributed by atoms with van der Waals surface area (Å²) >= 11 is 0. The van der Waals surface area contributed by atoms with Crippen molar-refractivity contribution in [1.29, 1.82) is 0 Å². The summed E-state index contributed by atoms with van der Waals surface area (Å²) in [7, 11) is 2.02. The van der Waals surface area contributed by atoms with Crippen LogP contribution in [0.2, 0.25) is 0 Å². The minimum atomic E-state index is -0.363. The van der Waals surface area contributed by atoms with Gasteiger partial charge in [0.2, 0.25) is 0 Å². The van der Waals surface area contributed by atoms with Crippen molar-refractivity contribution in [3.05, 3.63) is 33.9 Å². The van der Waals surface area contributed by atoms with Crippen LogP contribution in [0.1, 0.15) is 18.4 Å². The molecule has 0 heterocycles. The third-order valence-corrected chi connectivity index (χ3v) is 3.68. The average Bonchev–Trinajstić information content (AvgIpc) is 3.14. The van der Waals surface area contributed by atoms with Crippen LogP contribution in [-0.2, 0) is 0 Å². The summed E-state index contributed by atoms with van der Waals surface area (Å²) in [5, 5.41) is 10.7. The lowest BCUT2D eigenvalue weighted by Crippen LogP contribution is -2.40. The normalized spacial score (nSPS) is 16.4. The maximum absolute atomic E-state index is 10.7. The highest BCUT2D eigenvalue weighted by Crippen LogP contribution is 2.37. The summed E-state index contributed by atoms with van der Waals surface area (Å²) in [6.45, 7) is 2.52. The lowest BCUT2D eigenvalue weighted by molar-refractivity contribution is -0.384. The number of hydrogen-bond acceptors (Lipinski definition) is 4. The molecule has 1 saturated carbocycles. The number of nitrogens with zero attached hydrogens (tertiary/aromatic N) is 2. The predicted molar refractivity (Wildman–Crippen MR) is 71.8 cm³/mol. The summed E-state index contributed by atoms with van der Waals surface area (Å²) in [5.74, 6) is 0.676. The van der Waals surface area contributed by atoms with Gasteiger partial charge in [-0.25, -0.2) is 0 Å². The van der Waals surface area contributed by atoms with E-state index in [4.69, 9.17) is 5.73 Å². The molecule has 0 aromatic heterocycles. The van der Waals surface area contributed by atoms with Crippen LogP contribution in [0.4, 0.5) is 11.4 Å². The lowest BCUT2D eigenvalue weighted by Gasteiger charge is -2.30. The van der Waals surface area contributed by atoms with Crippen molar-refractivity contribution in [2.45, 2.75) is 25.8 Å². The first-order chi connectivity index (χ1) is 8.54. The number of rotatable bonds is 5. The van der Waals surface area contributed by atoms with Crippen molar-refractivity contribution >= 4 is 11.4 Å². The molecule has 1 aromatic rings. The van der Waals surface area contributed by atoms with Crippen LogP contribution in [0, 0.1) is 23.0 Å². The number of anilines is 1. The lowest BCUT2D eigenvalue weighted by atomic mass is 10.1. The van der Waals surface area contributed by atoms with Gasteiger partial charge < -0.3 is 10.6 Å². The molecule has 0 saturated heterocycles. The van der Waals surface area contributed by atoms with Crippen LogP contribution >= 0.6 is 0 Å². The molecule has 1 aliphatic carbocycles. The molecule has 0 aliphatic heterocycles. The van der Waals surface area contributed by atoms with Crippen LogP contribution in [-0.4, -0.2) is 24.6 Å². The molecule has 0 spiro atoms. The Balaban J connectivity index is 2.24. The van der Waals surface area contributed by atoms with E-state index in [9.17, 15) is 10.1 Å². The zero-order valence-electron chi connectivity index (χ0n) is 10.8. The molecule has 18 heavy (non-hydrogen) atoms. The molecule has 2 rings (SSSR count). The van der Waals surface area contributed by atoms with E-state index in [0.717, 1.165) is 11.3 Å². The molecule has 98 valence electrons. The van der Waals surface area contributed by atoms with Crippen LogP contribution in [0.3, 0.4) is 0 Å². The van der Waals surface area contributed by atoms with Gasteiger partial charge in [0.05, 0.1) is 4.92 Å². The molecule has 1 unspecified atom stereocenters. The number of nitro benzene ring substituents is 1. The zero-order valence-corrected chi connectivity index (χ0v) is 10.8. The van der Waals surface area contributed by atoms with Gasteiger partial charge in [-0.3, -0.25) is 10.1 Å². The SMILES string of the molecule is Cc1cc([N+](=O)[O-])ccc1N(C)C(CN)C1CC1. The van der Waals surface area contributed by atoms with Gasteiger partial charge in [-0.1, -0.05) is 0 Å². The van der Waals surface area contributed by atoms with Gasteiger partial charge in [-0.05, 0) is 37.3 Å². The molecule has 2 N–H and O–H groups in total. The van der Waals surface area contributed by atoms with Gasteiger partial charge in [0.15, 0.2) is 0 Å². The van der Waals surface area contributed by atoms with Crippen molar-refractivity contribution in [1.82, 2.24) is 0 Å². The fourth-order valence-corrected chi connectivity index (χ4v) is 2.48. The number of nitrogens with two attached hydrogens (primary N) is 1. The minimum Gasteiger partial charge on any atom is -0.370 e. The highest BCUT2D eigenvalue weighted by molar-refractivity contribution is 5.57. The first kappa shape index (κ1) is 12.8. The van der Waals surface area contributed by atoms with Crippen molar-refractivity contribution in [3.8, 4) is 0 Å². The molecule has 0 bridgehead atoms. The second kappa shape index (κ2) is 4.94. The highest BCUT2D eigenvalue weighted by atomic mass is 16.6. The number of benzene rings is 1. The molecular formula is C13H19N3O2. The fourth-order valence-electron chi connectivity index (χ4n) is 2.48. The van der Waals surface area contributed by atoms with Gasteiger partial charge in [-0.15, -0.1) is 0 Å². The summed E-state index contributed by atoms with van der Waals surface area (Å²) in [4.78, 5) is 12.5. The summed E-state index contributed by atoms with van der Waals surface area (Å²) in [6.07, 6.45) is 2.47. The number of likely N-dealkylation sites (N-methyl/N-ethyl adjacent to an activating group) is 1. The van der Waals surface area contributed by atoms with Crippen molar-refractivity contribution in [2.24, 2.45) is 11.7 Å². The topological polar surface area (TPSA) is 72.4 Å². The van der Waals surface area contributed by atoms with E-state index in [0.29, 0.717) is 18.5 Å². The zero-order chi connectivity index (χ0) is 13.3. The predicted octanol–water partition coefficient (Wildman–Crippen LogP) is 2.08. The van der Waals surface area contributed by atoms with E-state index >= 15 is 0 Å². The Morgan fingerprint density at radius 3 is 2.67 bits per heavy atom. The van der Waals surface area contributed by atoms with Crippen molar-refractivity contribution in [2.75, 3.05) is 18.5 Å². The molecule has 0 amide bonds. The smallest absolute Gasteiger partial charge is 0.269 e. The summed E-state index contributed by atoms with van der Waals surface area (Å²) < 4.78 is 0. The number of aryl methyl sites for hydroxylation is 1. The molecule has 1 aliphatic rings.